The van der Waals surface area contributed by atoms with E-state index in [1.807, 2.05) is 30.3 Å². The minimum Gasteiger partial charge on any atom is -0.489 e. The van der Waals surface area contributed by atoms with Crippen LogP contribution in [0, 0.1) is 11.6 Å². The zero-order valence-electron chi connectivity index (χ0n) is 15.0. The maximum Gasteiger partial charge on any atom is 0.258 e. The molecule has 0 radical (unpaired) electrons. The molecule has 1 amide bonds. The fourth-order valence-corrected chi connectivity index (χ4v) is 2.45. The van der Waals surface area contributed by atoms with E-state index < -0.39 is 17.5 Å². The Hall–Kier alpha value is -3.41. The van der Waals surface area contributed by atoms with Crippen molar-refractivity contribution in [2.75, 3.05) is 6.61 Å². The number of carbonyl (C=O) groups excluding carboxylic acids is 1. The highest BCUT2D eigenvalue weighted by molar-refractivity contribution is 5.77. The van der Waals surface area contributed by atoms with Crippen LogP contribution in [0.1, 0.15) is 11.1 Å². The summed E-state index contributed by atoms with van der Waals surface area (Å²) in [5.41, 5.74) is 1.14. The van der Waals surface area contributed by atoms with Gasteiger partial charge in [0.2, 0.25) is 0 Å². The fraction of sp³-hybridized carbons (Fsp3) is 0.136. The van der Waals surface area contributed by atoms with E-state index in [9.17, 15) is 13.6 Å². The number of benzene rings is 3. The molecule has 0 aliphatic carbocycles. The van der Waals surface area contributed by atoms with Crippen LogP contribution in [0.2, 0.25) is 0 Å². The molecule has 3 aromatic carbocycles. The van der Waals surface area contributed by atoms with Gasteiger partial charge in [-0.05, 0) is 48.0 Å². The van der Waals surface area contributed by atoms with Crippen LogP contribution in [0.3, 0.4) is 0 Å². The normalized spacial score (nSPS) is 10.4. The quantitative estimate of drug-likeness (QED) is 0.633. The first-order chi connectivity index (χ1) is 13.6. The van der Waals surface area contributed by atoms with Gasteiger partial charge in [-0.3, -0.25) is 4.79 Å². The average Bonchev–Trinajstić information content (AvgIpc) is 2.73. The van der Waals surface area contributed by atoms with Crippen LogP contribution in [0.15, 0.2) is 72.8 Å². The van der Waals surface area contributed by atoms with E-state index in [1.54, 1.807) is 24.3 Å². The van der Waals surface area contributed by atoms with Gasteiger partial charge in [-0.25, -0.2) is 8.78 Å². The Labute approximate surface area is 161 Å². The number of hydrogen-bond acceptors (Lipinski definition) is 3. The predicted octanol–water partition coefficient (Wildman–Crippen LogP) is 4.24. The van der Waals surface area contributed by atoms with E-state index in [0.29, 0.717) is 18.1 Å². The van der Waals surface area contributed by atoms with Gasteiger partial charge in [0, 0.05) is 12.1 Å². The van der Waals surface area contributed by atoms with Crippen LogP contribution in [-0.4, -0.2) is 12.5 Å². The molecule has 0 unspecified atom stereocenters. The number of rotatable bonds is 8. The molecule has 0 bridgehead atoms. The second-order valence-corrected chi connectivity index (χ2v) is 6.05. The maximum absolute atomic E-state index is 13.5. The van der Waals surface area contributed by atoms with Gasteiger partial charge in [0.05, 0.1) is 0 Å². The van der Waals surface area contributed by atoms with Crippen molar-refractivity contribution in [3.63, 3.8) is 0 Å². The van der Waals surface area contributed by atoms with Crippen molar-refractivity contribution >= 4 is 5.91 Å². The molecule has 0 aromatic heterocycles. The molecule has 0 spiro atoms. The Morgan fingerprint density at radius 3 is 2.25 bits per heavy atom. The molecule has 0 atom stereocenters. The third-order valence-electron chi connectivity index (χ3n) is 3.93. The van der Waals surface area contributed by atoms with Gasteiger partial charge in [0.1, 0.15) is 29.7 Å². The average molecular weight is 383 g/mol. The highest BCUT2D eigenvalue weighted by Crippen LogP contribution is 2.18. The van der Waals surface area contributed by atoms with Gasteiger partial charge in [-0.2, -0.15) is 0 Å². The highest BCUT2D eigenvalue weighted by atomic mass is 19.1. The summed E-state index contributed by atoms with van der Waals surface area (Å²) in [4.78, 5) is 11.8. The molecule has 3 rings (SSSR count). The van der Waals surface area contributed by atoms with Crippen LogP contribution < -0.4 is 14.8 Å². The number of hydrogen-bond donors (Lipinski definition) is 1. The summed E-state index contributed by atoms with van der Waals surface area (Å²) >= 11 is 0. The van der Waals surface area contributed by atoms with E-state index >= 15 is 0 Å². The number of halogens is 2. The third-order valence-corrected chi connectivity index (χ3v) is 3.93. The lowest BCUT2D eigenvalue weighted by molar-refractivity contribution is -0.123. The molecule has 0 heterocycles. The van der Waals surface area contributed by atoms with E-state index in [1.165, 1.54) is 0 Å². The first kappa shape index (κ1) is 19.4. The lowest BCUT2D eigenvalue weighted by Crippen LogP contribution is -2.28. The van der Waals surface area contributed by atoms with Crippen LogP contribution in [-0.2, 0) is 17.9 Å². The molecule has 0 fully saturated rings. The lowest BCUT2D eigenvalue weighted by Gasteiger charge is -2.10. The van der Waals surface area contributed by atoms with Crippen LogP contribution in [0.5, 0.6) is 11.5 Å². The molecular formula is C22H19F2NO3. The Balaban J connectivity index is 1.42. The second kappa shape index (κ2) is 9.50. The topological polar surface area (TPSA) is 47.6 Å². The van der Waals surface area contributed by atoms with Crippen LogP contribution >= 0.6 is 0 Å². The summed E-state index contributed by atoms with van der Waals surface area (Å²) in [6, 6.07) is 19.8. The summed E-state index contributed by atoms with van der Waals surface area (Å²) in [6.07, 6.45) is 0. The maximum atomic E-state index is 13.5. The van der Waals surface area contributed by atoms with Crippen molar-refractivity contribution in [2.45, 2.75) is 13.2 Å². The first-order valence-corrected chi connectivity index (χ1v) is 8.70. The smallest absolute Gasteiger partial charge is 0.258 e. The van der Waals surface area contributed by atoms with Crippen molar-refractivity contribution in [1.29, 1.82) is 0 Å². The molecule has 4 nitrogen and oxygen atoms in total. The molecular weight excluding hydrogens is 364 g/mol. The predicted molar refractivity (Wildman–Crippen MR) is 101 cm³/mol. The number of nitrogens with one attached hydrogen (secondary N) is 1. The van der Waals surface area contributed by atoms with Gasteiger partial charge in [-0.15, -0.1) is 0 Å². The molecule has 3 aromatic rings. The van der Waals surface area contributed by atoms with Gasteiger partial charge in [0.25, 0.3) is 5.91 Å². The largest absolute Gasteiger partial charge is 0.489 e. The SMILES string of the molecule is O=C(COc1ccc(OCc2ccccc2)cc1)NCc1cc(F)ccc1F. The zero-order valence-corrected chi connectivity index (χ0v) is 15.0. The molecule has 0 aliphatic rings. The standard InChI is InChI=1S/C22H19F2NO3/c23-18-6-11-21(24)17(12-18)13-25-22(26)15-28-20-9-7-19(8-10-20)27-14-16-4-2-1-3-5-16/h1-12H,13-15H2,(H,25,26). The van der Waals surface area contributed by atoms with Gasteiger partial charge >= 0.3 is 0 Å². The Bertz CT molecular complexity index is 915. The third kappa shape index (κ3) is 5.81. The molecule has 0 saturated carbocycles. The summed E-state index contributed by atoms with van der Waals surface area (Å²) in [5, 5.41) is 2.49. The van der Waals surface area contributed by atoms with Crippen molar-refractivity contribution < 1.29 is 23.0 Å². The van der Waals surface area contributed by atoms with Crippen LogP contribution in [0.25, 0.3) is 0 Å². The zero-order chi connectivity index (χ0) is 19.8. The second-order valence-electron chi connectivity index (χ2n) is 6.05. The Morgan fingerprint density at radius 2 is 1.54 bits per heavy atom. The molecule has 0 aliphatic heterocycles. The molecule has 1 N–H and O–H groups in total. The highest BCUT2D eigenvalue weighted by Gasteiger charge is 2.07. The molecule has 6 heteroatoms. The van der Waals surface area contributed by atoms with E-state index in [2.05, 4.69) is 5.32 Å². The number of amides is 1. The minimum absolute atomic E-state index is 0.0771. The molecule has 144 valence electrons. The molecule has 0 saturated heterocycles. The van der Waals surface area contributed by atoms with E-state index in [-0.39, 0.29) is 18.7 Å². The summed E-state index contributed by atoms with van der Waals surface area (Å²) in [6.45, 7) is 0.110. The summed E-state index contributed by atoms with van der Waals surface area (Å²) < 4.78 is 37.7. The number of ether oxygens (including phenoxy) is 2. The van der Waals surface area contributed by atoms with E-state index in [4.69, 9.17) is 9.47 Å². The van der Waals surface area contributed by atoms with Crippen LogP contribution in [0.4, 0.5) is 8.78 Å². The van der Waals surface area contributed by atoms with Gasteiger partial charge in [0.15, 0.2) is 6.61 Å². The van der Waals surface area contributed by atoms with E-state index in [0.717, 1.165) is 23.8 Å². The monoisotopic (exact) mass is 383 g/mol. The summed E-state index contributed by atoms with van der Waals surface area (Å²) in [5.74, 6) is -0.389. The molecule has 28 heavy (non-hydrogen) atoms. The Morgan fingerprint density at radius 1 is 0.857 bits per heavy atom. The van der Waals surface area contributed by atoms with Gasteiger partial charge in [-0.1, -0.05) is 30.3 Å². The Kier molecular flexibility index (Phi) is 6.57. The minimum atomic E-state index is -0.575. The lowest BCUT2D eigenvalue weighted by atomic mass is 10.2. The van der Waals surface area contributed by atoms with Crippen molar-refractivity contribution in [3.8, 4) is 11.5 Å². The summed E-state index contributed by atoms with van der Waals surface area (Å²) in [7, 11) is 0. The van der Waals surface area contributed by atoms with Gasteiger partial charge < -0.3 is 14.8 Å². The van der Waals surface area contributed by atoms with Crippen molar-refractivity contribution in [1.82, 2.24) is 5.32 Å². The van der Waals surface area contributed by atoms with Crippen molar-refractivity contribution in [3.05, 3.63) is 95.6 Å². The fourth-order valence-electron chi connectivity index (χ4n) is 2.45. The number of carbonyl (C=O) groups is 1. The van der Waals surface area contributed by atoms with Crippen molar-refractivity contribution in [2.24, 2.45) is 0 Å². The first-order valence-electron chi connectivity index (χ1n) is 8.70.